The van der Waals surface area contributed by atoms with Crippen LogP contribution >= 0.6 is 11.6 Å². The van der Waals surface area contributed by atoms with E-state index in [1.54, 1.807) is 0 Å². The lowest BCUT2D eigenvalue weighted by molar-refractivity contribution is 0.288. The van der Waals surface area contributed by atoms with Crippen molar-refractivity contribution >= 4 is 22.6 Å². The van der Waals surface area contributed by atoms with Gasteiger partial charge in [-0.25, -0.2) is 9.67 Å². The molecule has 0 aliphatic carbocycles. The maximum absolute atomic E-state index is 6.05. The quantitative estimate of drug-likeness (QED) is 0.299. The van der Waals surface area contributed by atoms with Crippen molar-refractivity contribution in [1.29, 1.82) is 0 Å². The molecule has 5 aromatic rings. The standard InChI is InChI=1S/C26H23ClN4O2/c1-15-5-11-21(12-6-15)31-25-24(17(3)30-31)16(2)13-23(29-25)32-14-22-18(4)33-26(28-22)19-7-9-20(27)10-8-19/h5-13H,14H2,1-4H3. The topological polar surface area (TPSA) is 66.0 Å². The van der Waals surface area contributed by atoms with Gasteiger partial charge in [0, 0.05) is 22.0 Å². The van der Waals surface area contributed by atoms with Crippen LogP contribution in [-0.4, -0.2) is 19.7 Å². The van der Waals surface area contributed by atoms with Crippen LogP contribution in [0.2, 0.25) is 5.02 Å². The largest absolute Gasteiger partial charge is 0.471 e. The number of oxazole rings is 1. The molecule has 0 radical (unpaired) electrons. The molecule has 0 aliphatic rings. The highest BCUT2D eigenvalue weighted by atomic mass is 35.5. The first kappa shape index (κ1) is 21.2. The van der Waals surface area contributed by atoms with Gasteiger partial charge in [0.2, 0.25) is 11.8 Å². The molecular weight excluding hydrogens is 436 g/mol. The van der Waals surface area contributed by atoms with Gasteiger partial charge in [0.15, 0.2) is 5.65 Å². The minimum atomic E-state index is 0.249. The minimum absolute atomic E-state index is 0.249. The van der Waals surface area contributed by atoms with Gasteiger partial charge in [0.25, 0.3) is 0 Å². The first-order chi connectivity index (χ1) is 15.9. The van der Waals surface area contributed by atoms with Crippen LogP contribution in [0, 0.1) is 27.7 Å². The summed E-state index contributed by atoms with van der Waals surface area (Å²) in [5, 5.41) is 6.43. The summed E-state index contributed by atoms with van der Waals surface area (Å²) >= 11 is 5.98. The van der Waals surface area contributed by atoms with Crippen LogP contribution in [0.3, 0.4) is 0 Å². The van der Waals surface area contributed by atoms with Crippen molar-refractivity contribution in [1.82, 2.24) is 19.7 Å². The van der Waals surface area contributed by atoms with Gasteiger partial charge in [0.05, 0.1) is 11.4 Å². The Morgan fingerprint density at radius 3 is 2.39 bits per heavy atom. The normalized spacial score (nSPS) is 11.3. The van der Waals surface area contributed by atoms with Crippen molar-refractivity contribution in [3.63, 3.8) is 0 Å². The molecule has 5 rings (SSSR count). The van der Waals surface area contributed by atoms with Crippen LogP contribution < -0.4 is 4.74 Å². The second-order valence-corrected chi connectivity index (χ2v) is 8.56. The first-order valence-corrected chi connectivity index (χ1v) is 11.1. The Morgan fingerprint density at radius 2 is 1.67 bits per heavy atom. The van der Waals surface area contributed by atoms with E-state index in [9.17, 15) is 0 Å². The zero-order chi connectivity index (χ0) is 23.1. The van der Waals surface area contributed by atoms with Crippen LogP contribution in [0.1, 0.15) is 28.3 Å². The third-order valence-corrected chi connectivity index (χ3v) is 5.86. The van der Waals surface area contributed by atoms with E-state index in [1.165, 1.54) is 5.56 Å². The Morgan fingerprint density at radius 1 is 0.939 bits per heavy atom. The molecule has 166 valence electrons. The Kier molecular flexibility index (Phi) is 5.38. The third kappa shape index (κ3) is 4.10. The molecule has 0 bridgehead atoms. The summed E-state index contributed by atoms with van der Waals surface area (Å²) in [5.74, 6) is 1.76. The van der Waals surface area contributed by atoms with E-state index >= 15 is 0 Å². The number of aryl methyl sites for hydroxylation is 4. The summed E-state index contributed by atoms with van der Waals surface area (Å²) < 4.78 is 13.8. The lowest BCUT2D eigenvalue weighted by atomic mass is 10.1. The van der Waals surface area contributed by atoms with Crippen LogP contribution in [-0.2, 0) is 6.61 Å². The fourth-order valence-electron chi connectivity index (χ4n) is 3.83. The van der Waals surface area contributed by atoms with E-state index in [2.05, 4.69) is 24.0 Å². The monoisotopic (exact) mass is 458 g/mol. The smallest absolute Gasteiger partial charge is 0.226 e. The summed E-state index contributed by atoms with van der Waals surface area (Å²) in [6.45, 7) is 8.24. The average Bonchev–Trinajstić information content (AvgIpc) is 3.33. The van der Waals surface area contributed by atoms with Gasteiger partial charge in [0.1, 0.15) is 18.1 Å². The minimum Gasteiger partial charge on any atom is -0.471 e. The van der Waals surface area contributed by atoms with E-state index in [4.69, 9.17) is 30.8 Å². The Labute approximate surface area is 196 Å². The van der Waals surface area contributed by atoms with Gasteiger partial charge < -0.3 is 9.15 Å². The number of ether oxygens (including phenoxy) is 1. The fraction of sp³-hybridized carbons (Fsp3) is 0.192. The van der Waals surface area contributed by atoms with Crippen molar-refractivity contribution in [2.75, 3.05) is 0 Å². The predicted molar refractivity (Wildman–Crippen MR) is 129 cm³/mol. The number of halogens is 1. The Hall–Kier alpha value is -3.64. The molecule has 33 heavy (non-hydrogen) atoms. The maximum atomic E-state index is 6.05. The fourth-order valence-corrected chi connectivity index (χ4v) is 3.96. The summed E-state index contributed by atoms with van der Waals surface area (Å²) in [6.07, 6.45) is 0. The van der Waals surface area contributed by atoms with Gasteiger partial charge in [-0.1, -0.05) is 29.3 Å². The molecule has 0 unspecified atom stereocenters. The summed E-state index contributed by atoms with van der Waals surface area (Å²) in [5.41, 5.74) is 6.50. The highest BCUT2D eigenvalue weighted by Crippen LogP contribution is 2.28. The van der Waals surface area contributed by atoms with E-state index in [0.717, 1.165) is 39.2 Å². The molecule has 7 heteroatoms. The summed E-state index contributed by atoms with van der Waals surface area (Å²) in [6, 6.07) is 17.5. The second kappa shape index (κ2) is 8.37. The van der Waals surface area contributed by atoms with E-state index in [1.807, 2.05) is 67.9 Å². The number of benzene rings is 2. The third-order valence-electron chi connectivity index (χ3n) is 5.61. The van der Waals surface area contributed by atoms with Crippen molar-refractivity contribution in [3.05, 3.63) is 87.9 Å². The lowest BCUT2D eigenvalue weighted by Gasteiger charge is -2.08. The Bertz CT molecular complexity index is 1450. The van der Waals surface area contributed by atoms with Crippen molar-refractivity contribution < 1.29 is 9.15 Å². The molecule has 3 heterocycles. The Balaban J connectivity index is 1.45. The number of hydrogen-bond acceptors (Lipinski definition) is 5. The van der Waals surface area contributed by atoms with Crippen LogP contribution in [0.25, 0.3) is 28.2 Å². The molecule has 0 atom stereocenters. The molecule has 3 aromatic heterocycles. The number of hydrogen-bond donors (Lipinski definition) is 0. The molecule has 6 nitrogen and oxygen atoms in total. The number of nitrogens with zero attached hydrogens (tertiary/aromatic N) is 4. The van der Waals surface area contributed by atoms with E-state index < -0.39 is 0 Å². The molecule has 0 fully saturated rings. The van der Waals surface area contributed by atoms with E-state index in [0.29, 0.717) is 22.6 Å². The summed E-state index contributed by atoms with van der Waals surface area (Å²) in [4.78, 5) is 9.39. The lowest BCUT2D eigenvalue weighted by Crippen LogP contribution is -2.02. The zero-order valence-corrected chi connectivity index (χ0v) is 19.6. The maximum Gasteiger partial charge on any atom is 0.226 e. The first-order valence-electron chi connectivity index (χ1n) is 10.7. The molecule has 0 spiro atoms. The van der Waals surface area contributed by atoms with E-state index in [-0.39, 0.29) is 6.61 Å². The average molecular weight is 459 g/mol. The van der Waals surface area contributed by atoms with Gasteiger partial charge in [-0.05, 0) is 69.7 Å². The number of pyridine rings is 1. The van der Waals surface area contributed by atoms with Crippen LogP contribution in [0.4, 0.5) is 0 Å². The van der Waals surface area contributed by atoms with Crippen molar-refractivity contribution in [2.24, 2.45) is 0 Å². The summed E-state index contributed by atoms with van der Waals surface area (Å²) in [7, 11) is 0. The van der Waals surface area contributed by atoms with Gasteiger partial charge >= 0.3 is 0 Å². The number of aromatic nitrogens is 4. The van der Waals surface area contributed by atoms with Crippen molar-refractivity contribution in [2.45, 2.75) is 34.3 Å². The van der Waals surface area contributed by atoms with Crippen LogP contribution in [0.15, 0.2) is 59.0 Å². The number of rotatable bonds is 5. The van der Waals surface area contributed by atoms with Gasteiger partial charge in [-0.3, -0.25) is 0 Å². The highest BCUT2D eigenvalue weighted by Gasteiger charge is 2.16. The predicted octanol–water partition coefficient (Wildman–Crippen LogP) is 6.54. The molecule has 0 aliphatic heterocycles. The van der Waals surface area contributed by atoms with Gasteiger partial charge in [-0.2, -0.15) is 10.1 Å². The molecule has 0 saturated carbocycles. The zero-order valence-electron chi connectivity index (χ0n) is 18.9. The highest BCUT2D eigenvalue weighted by molar-refractivity contribution is 6.30. The molecule has 2 aromatic carbocycles. The molecular formula is C26H23ClN4O2. The second-order valence-electron chi connectivity index (χ2n) is 8.13. The molecule has 0 N–H and O–H groups in total. The SMILES string of the molecule is Cc1ccc(-n2nc(C)c3c(C)cc(OCc4nc(-c5ccc(Cl)cc5)oc4C)nc32)cc1. The number of fused-ring (bicyclic) bond motifs is 1. The van der Waals surface area contributed by atoms with Gasteiger partial charge in [-0.15, -0.1) is 0 Å². The van der Waals surface area contributed by atoms with Crippen LogP contribution in [0.5, 0.6) is 5.88 Å². The molecule has 0 saturated heterocycles. The molecule has 0 amide bonds. The van der Waals surface area contributed by atoms with Crippen molar-refractivity contribution in [3.8, 4) is 23.0 Å².